The zero-order valence-corrected chi connectivity index (χ0v) is 19.7. The molecule has 0 unspecified atom stereocenters. The Morgan fingerprint density at radius 1 is 0.886 bits per heavy atom. The fourth-order valence-electron chi connectivity index (χ4n) is 3.59. The van der Waals surface area contributed by atoms with Crippen LogP contribution >= 0.6 is 0 Å². The van der Waals surface area contributed by atoms with Gasteiger partial charge in [-0.3, -0.25) is 20.4 Å². The molecule has 8 heteroatoms. The number of nitrogens with zero attached hydrogens (tertiary/aromatic N) is 2. The second-order valence-corrected chi connectivity index (χ2v) is 7.70. The van der Waals surface area contributed by atoms with Crippen molar-refractivity contribution in [1.29, 1.82) is 0 Å². The first-order valence-electron chi connectivity index (χ1n) is 11.1. The molecule has 4 rings (SSSR count). The molecule has 0 bridgehead atoms. The molecule has 1 heterocycles. The SMILES string of the molecule is CCc1ccc(C(=O)NNC(=O)c2cn(-c3ccccc3)nc2-c2ccc(OC)cc2OC)cc1. The number of aryl methyl sites for hydroxylation is 1. The Balaban J connectivity index is 1.65. The summed E-state index contributed by atoms with van der Waals surface area (Å²) in [5, 5.41) is 4.66. The largest absolute Gasteiger partial charge is 0.497 e. The van der Waals surface area contributed by atoms with Crippen LogP contribution in [0.3, 0.4) is 0 Å². The molecule has 1 aromatic heterocycles. The van der Waals surface area contributed by atoms with Crippen molar-refractivity contribution < 1.29 is 19.1 Å². The van der Waals surface area contributed by atoms with E-state index in [-0.39, 0.29) is 5.56 Å². The minimum atomic E-state index is -0.515. The summed E-state index contributed by atoms with van der Waals surface area (Å²) in [5.74, 6) is 0.177. The molecule has 0 spiro atoms. The molecule has 0 aliphatic carbocycles. The maximum absolute atomic E-state index is 13.2. The van der Waals surface area contributed by atoms with Crippen molar-refractivity contribution in [2.24, 2.45) is 0 Å². The maximum Gasteiger partial charge on any atom is 0.273 e. The van der Waals surface area contributed by atoms with E-state index in [2.05, 4.69) is 16.0 Å². The lowest BCUT2D eigenvalue weighted by Crippen LogP contribution is -2.41. The number of para-hydroxylation sites is 1. The fraction of sp³-hybridized carbons (Fsp3) is 0.148. The summed E-state index contributed by atoms with van der Waals surface area (Å²) in [6.07, 6.45) is 2.49. The van der Waals surface area contributed by atoms with Gasteiger partial charge >= 0.3 is 0 Å². The number of hydrogen-bond donors (Lipinski definition) is 2. The first-order valence-corrected chi connectivity index (χ1v) is 11.1. The average molecular weight is 471 g/mol. The molecule has 0 fully saturated rings. The second kappa shape index (κ2) is 10.6. The van der Waals surface area contributed by atoms with Crippen molar-refractivity contribution in [3.8, 4) is 28.4 Å². The molecule has 3 aromatic carbocycles. The normalized spacial score (nSPS) is 10.5. The highest BCUT2D eigenvalue weighted by molar-refractivity contribution is 6.02. The van der Waals surface area contributed by atoms with Gasteiger partial charge in [-0.05, 0) is 48.4 Å². The first-order chi connectivity index (χ1) is 17.0. The highest BCUT2D eigenvalue weighted by atomic mass is 16.5. The minimum Gasteiger partial charge on any atom is -0.497 e. The molecule has 0 saturated carbocycles. The van der Waals surface area contributed by atoms with Crippen LogP contribution in [-0.2, 0) is 6.42 Å². The summed E-state index contributed by atoms with van der Waals surface area (Å²) in [6.45, 7) is 2.04. The Morgan fingerprint density at radius 2 is 1.60 bits per heavy atom. The Morgan fingerprint density at radius 3 is 2.26 bits per heavy atom. The van der Waals surface area contributed by atoms with Gasteiger partial charge in [-0.25, -0.2) is 4.68 Å². The van der Waals surface area contributed by atoms with Crippen molar-refractivity contribution in [3.63, 3.8) is 0 Å². The monoisotopic (exact) mass is 470 g/mol. The van der Waals surface area contributed by atoms with Gasteiger partial charge in [-0.1, -0.05) is 37.3 Å². The number of benzene rings is 3. The van der Waals surface area contributed by atoms with Crippen LogP contribution in [0.1, 0.15) is 33.2 Å². The van der Waals surface area contributed by atoms with E-state index in [1.807, 2.05) is 49.4 Å². The smallest absolute Gasteiger partial charge is 0.273 e. The number of nitrogens with one attached hydrogen (secondary N) is 2. The van der Waals surface area contributed by atoms with Gasteiger partial charge in [0.15, 0.2) is 0 Å². The standard InChI is InChI=1S/C27H26N4O4/c1-4-18-10-12-19(13-11-18)26(32)28-29-27(33)23-17-31(20-8-6-5-7-9-20)30-25(23)22-15-14-21(34-2)16-24(22)35-3/h5-17H,4H2,1-3H3,(H,28,32)(H,29,33). The molecule has 0 atom stereocenters. The lowest BCUT2D eigenvalue weighted by atomic mass is 10.1. The summed E-state index contributed by atoms with van der Waals surface area (Å²) in [6, 6.07) is 21.9. The van der Waals surface area contributed by atoms with Gasteiger partial charge in [-0.15, -0.1) is 0 Å². The molecule has 0 radical (unpaired) electrons. The van der Waals surface area contributed by atoms with Crippen LogP contribution in [0.15, 0.2) is 79.0 Å². The van der Waals surface area contributed by atoms with Gasteiger partial charge in [0.05, 0.1) is 25.5 Å². The third-order valence-electron chi connectivity index (χ3n) is 5.56. The summed E-state index contributed by atoms with van der Waals surface area (Å²) in [5.41, 5.74) is 8.60. The predicted octanol–water partition coefficient (Wildman–Crippen LogP) is 4.19. The van der Waals surface area contributed by atoms with Gasteiger partial charge in [-0.2, -0.15) is 5.10 Å². The first kappa shape index (κ1) is 23.6. The fourth-order valence-corrected chi connectivity index (χ4v) is 3.59. The van der Waals surface area contributed by atoms with Crippen LogP contribution in [0.25, 0.3) is 16.9 Å². The highest BCUT2D eigenvalue weighted by Crippen LogP contribution is 2.34. The van der Waals surface area contributed by atoms with E-state index in [9.17, 15) is 9.59 Å². The minimum absolute atomic E-state index is 0.263. The topological polar surface area (TPSA) is 94.5 Å². The van der Waals surface area contributed by atoms with Crippen molar-refractivity contribution in [3.05, 3.63) is 95.7 Å². The molecule has 2 N–H and O–H groups in total. The van der Waals surface area contributed by atoms with Crippen molar-refractivity contribution >= 4 is 11.8 Å². The highest BCUT2D eigenvalue weighted by Gasteiger charge is 2.22. The third kappa shape index (κ3) is 5.16. The molecule has 0 aliphatic rings. The lowest BCUT2D eigenvalue weighted by molar-refractivity contribution is 0.0847. The van der Waals surface area contributed by atoms with Gasteiger partial charge in [0.2, 0.25) is 0 Å². The van der Waals surface area contributed by atoms with Crippen molar-refractivity contribution in [2.75, 3.05) is 14.2 Å². The number of aromatic nitrogens is 2. The number of carbonyl (C=O) groups is 2. The average Bonchev–Trinajstić information content (AvgIpc) is 3.37. The van der Waals surface area contributed by atoms with E-state index in [4.69, 9.17) is 9.47 Å². The van der Waals surface area contributed by atoms with Gasteiger partial charge in [0.25, 0.3) is 11.8 Å². The van der Waals surface area contributed by atoms with Crippen molar-refractivity contribution in [1.82, 2.24) is 20.6 Å². The van der Waals surface area contributed by atoms with Gasteiger partial charge in [0.1, 0.15) is 17.2 Å². The summed E-state index contributed by atoms with van der Waals surface area (Å²) in [4.78, 5) is 25.7. The van der Waals surface area contributed by atoms with Gasteiger partial charge in [0, 0.05) is 23.4 Å². The molecule has 178 valence electrons. The molecule has 8 nitrogen and oxygen atoms in total. The van der Waals surface area contributed by atoms with E-state index in [0.29, 0.717) is 28.3 Å². The summed E-state index contributed by atoms with van der Waals surface area (Å²) >= 11 is 0. The molecule has 2 amide bonds. The number of amides is 2. The van der Waals surface area contributed by atoms with E-state index in [1.165, 1.54) is 7.11 Å². The molecule has 35 heavy (non-hydrogen) atoms. The van der Waals surface area contributed by atoms with E-state index < -0.39 is 11.8 Å². The zero-order chi connectivity index (χ0) is 24.8. The number of hydrazine groups is 1. The molecule has 4 aromatic rings. The van der Waals surface area contributed by atoms with Crippen LogP contribution in [0.4, 0.5) is 0 Å². The molecular formula is C27H26N4O4. The number of carbonyl (C=O) groups excluding carboxylic acids is 2. The van der Waals surface area contributed by atoms with Crippen molar-refractivity contribution in [2.45, 2.75) is 13.3 Å². The van der Waals surface area contributed by atoms with Gasteiger partial charge < -0.3 is 9.47 Å². The summed E-state index contributed by atoms with van der Waals surface area (Å²) < 4.78 is 12.4. The predicted molar refractivity (Wildman–Crippen MR) is 133 cm³/mol. The Labute approximate surface area is 203 Å². The third-order valence-corrected chi connectivity index (χ3v) is 5.56. The van der Waals surface area contributed by atoms with Crippen LogP contribution in [0.5, 0.6) is 11.5 Å². The number of hydrogen-bond acceptors (Lipinski definition) is 5. The molecule has 0 aliphatic heterocycles. The van der Waals surface area contributed by atoms with Crippen LogP contribution < -0.4 is 20.3 Å². The Bertz CT molecular complexity index is 1330. The van der Waals surface area contributed by atoms with Crippen LogP contribution in [-0.4, -0.2) is 35.8 Å². The lowest BCUT2D eigenvalue weighted by Gasteiger charge is -2.11. The number of rotatable bonds is 7. The maximum atomic E-state index is 13.2. The van der Waals surface area contributed by atoms with Crippen LogP contribution in [0, 0.1) is 0 Å². The second-order valence-electron chi connectivity index (χ2n) is 7.70. The molecule has 0 saturated heterocycles. The van der Waals surface area contributed by atoms with E-state index in [0.717, 1.165) is 17.7 Å². The summed E-state index contributed by atoms with van der Waals surface area (Å²) in [7, 11) is 3.10. The van der Waals surface area contributed by atoms with Crippen LogP contribution in [0.2, 0.25) is 0 Å². The quantitative estimate of drug-likeness (QED) is 0.395. The Hall–Kier alpha value is -4.59. The van der Waals surface area contributed by atoms with E-state index in [1.54, 1.807) is 48.3 Å². The number of ether oxygens (including phenoxy) is 2. The Kier molecular flexibility index (Phi) is 7.11. The number of methoxy groups -OCH3 is 2. The molecular weight excluding hydrogens is 444 g/mol. The zero-order valence-electron chi connectivity index (χ0n) is 19.7. The van der Waals surface area contributed by atoms with E-state index >= 15 is 0 Å².